The maximum atomic E-state index is 12.6. The quantitative estimate of drug-likeness (QED) is 0.943. The number of carbonyl (C=O) groups is 2. The fourth-order valence-electron chi connectivity index (χ4n) is 2.93. The van der Waals surface area contributed by atoms with Gasteiger partial charge in [-0.3, -0.25) is 9.59 Å². The number of primary amides is 1. The van der Waals surface area contributed by atoms with E-state index in [1.54, 1.807) is 28.4 Å². The molecule has 0 unspecified atom stereocenters. The van der Waals surface area contributed by atoms with Crippen molar-refractivity contribution in [1.82, 2.24) is 0 Å². The van der Waals surface area contributed by atoms with Crippen LogP contribution >= 0.6 is 11.3 Å². The standard InChI is InChI=1S/C17H18N2O2S/c18-17(21)14-5-1-7-15-13(14)6-2-10-19(15)16(20)9-8-12-4-3-11-22-12/h1,3-5,7,11H,2,6,8-10H2,(H2,18,21). The Balaban J connectivity index is 1.80. The van der Waals surface area contributed by atoms with Crippen LogP contribution in [0.2, 0.25) is 0 Å². The Morgan fingerprint density at radius 1 is 1.23 bits per heavy atom. The van der Waals surface area contributed by atoms with E-state index in [4.69, 9.17) is 5.73 Å². The van der Waals surface area contributed by atoms with Crippen LogP contribution in [-0.2, 0) is 17.6 Å². The van der Waals surface area contributed by atoms with Crippen LogP contribution in [0.5, 0.6) is 0 Å². The Hall–Kier alpha value is -2.14. The topological polar surface area (TPSA) is 63.4 Å². The molecule has 0 bridgehead atoms. The van der Waals surface area contributed by atoms with Crippen LogP contribution in [0.1, 0.15) is 33.6 Å². The van der Waals surface area contributed by atoms with E-state index in [1.807, 2.05) is 23.6 Å². The lowest BCUT2D eigenvalue weighted by molar-refractivity contribution is -0.118. The van der Waals surface area contributed by atoms with Crippen molar-refractivity contribution in [3.8, 4) is 0 Å². The number of carbonyl (C=O) groups excluding carboxylic acids is 2. The van der Waals surface area contributed by atoms with Gasteiger partial charge in [0.15, 0.2) is 0 Å². The van der Waals surface area contributed by atoms with Gasteiger partial charge in [0.05, 0.1) is 0 Å². The molecule has 0 fully saturated rings. The maximum Gasteiger partial charge on any atom is 0.249 e. The predicted octanol–water partition coefficient (Wildman–Crippen LogP) is 2.76. The third-order valence-electron chi connectivity index (χ3n) is 3.98. The zero-order valence-electron chi connectivity index (χ0n) is 12.2. The van der Waals surface area contributed by atoms with E-state index < -0.39 is 5.91 Å². The summed E-state index contributed by atoms with van der Waals surface area (Å²) in [5.41, 5.74) is 7.73. The van der Waals surface area contributed by atoms with Gasteiger partial charge in [0.1, 0.15) is 0 Å². The molecule has 114 valence electrons. The number of nitrogens with zero attached hydrogens (tertiary/aromatic N) is 1. The number of thiophene rings is 1. The lowest BCUT2D eigenvalue weighted by Crippen LogP contribution is -2.36. The van der Waals surface area contributed by atoms with Gasteiger partial charge in [-0.05, 0) is 48.4 Å². The van der Waals surface area contributed by atoms with Crippen LogP contribution in [-0.4, -0.2) is 18.4 Å². The number of benzene rings is 1. The van der Waals surface area contributed by atoms with Gasteiger partial charge in [0.2, 0.25) is 11.8 Å². The minimum absolute atomic E-state index is 0.107. The Morgan fingerprint density at radius 2 is 2.09 bits per heavy atom. The second-order valence-electron chi connectivity index (χ2n) is 5.40. The minimum Gasteiger partial charge on any atom is -0.366 e. The monoisotopic (exact) mass is 314 g/mol. The van der Waals surface area contributed by atoms with Crippen LogP contribution in [0.3, 0.4) is 0 Å². The number of anilines is 1. The summed E-state index contributed by atoms with van der Waals surface area (Å²) in [6, 6.07) is 9.49. The molecule has 0 saturated heterocycles. The molecule has 4 nitrogen and oxygen atoms in total. The average molecular weight is 314 g/mol. The van der Waals surface area contributed by atoms with Crippen molar-refractivity contribution in [3.63, 3.8) is 0 Å². The highest BCUT2D eigenvalue weighted by Crippen LogP contribution is 2.30. The highest BCUT2D eigenvalue weighted by Gasteiger charge is 2.25. The molecule has 2 amide bonds. The molecule has 0 spiro atoms. The SMILES string of the molecule is NC(=O)c1cccc2c1CCCN2C(=O)CCc1cccs1. The first-order chi connectivity index (χ1) is 10.7. The van der Waals surface area contributed by atoms with Crippen LogP contribution in [0, 0.1) is 0 Å². The van der Waals surface area contributed by atoms with E-state index >= 15 is 0 Å². The summed E-state index contributed by atoms with van der Waals surface area (Å²) in [5, 5.41) is 2.02. The first-order valence-electron chi connectivity index (χ1n) is 7.41. The third kappa shape index (κ3) is 2.90. The van der Waals surface area contributed by atoms with Crippen molar-refractivity contribution >= 4 is 28.8 Å². The molecule has 1 aromatic heterocycles. The molecule has 0 radical (unpaired) electrons. The van der Waals surface area contributed by atoms with Gasteiger partial charge in [0.25, 0.3) is 0 Å². The molecule has 3 rings (SSSR count). The molecule has 5 heteroatoms. The van der Waals surface area contributed by atoms with E-state index in [0.717, 1.165) is 30.5 Å². The molecule has 2 aromatic rings. The number of hydrogen-bond acceptors (Lipinski definition) is 3. The van der Waals surface area contributed by atoms with Gasteiger partial charge in [-0.25, -0.2) is 0 Å². The summed E-state index contributed by atoms with van der Waals surface area (Å²) in [6.07, 6.45) is 2.91. The smallest absolute Gasteiger partial charge is 0.249 e. The van der Waals surface area contributed by atoms with Crippen LogP contribution in [0.4, 0.5) is 5.69 Å². The van der Waals surface area contributed by atoms with Crippen molar-refractivity contribution in [3.05, 3.63) is 51.7 Å². The molecule has 2 heterocycles. The zero-order valence-corrected chi connectivity index (χ0v) is 13.1. The van der Waals surface area contributed by atoms with Crippen LogP contribution < -0.4 is 10.6 Å². The van der Waals surface area contributed by atoms with Crippen molar-refractivity contribution in [2.75, 3.05) is 11.4 Å². The fourth-order valence-corrected chi connectivity index (χ4v) is 3.64. The summed E-state index contributed by atoms with van der Waals surface area (Å²) in [4.78, 5) is 27.1. The van der Waals surface area contributed by atoms with E-state index in [2.05, 4.69) is 0 Å². The lowest BCUT2D eigenvalue weighted by atomic mass is 9.95. The van der Waals surface area contributed by atoms with Gasteiger partial charge in [-0.1, -0.05) is 12.1 Å². The molecule has 0 saturated carbocycles. The van der Waals surface area contributed by atoms with Crippen molar-refractivity contribution < 1.29 is 9.59 Å². The highest BCUT2D eigenvalue weighted by molar-refractivity contribution is 7.09. The van der Waals surface area contributed by atoms with Crippen molar-refractivity contribution in [1.29, 1.82) is 0 Å². The van der Waals surface area contributed by atoms with E-state index in [9.17, 15) is 9.59 Å². The van der Waals surface area contributed by atoms with Gasteiger partial charge >= 0.3 is 0 Å². The van der Waals surface area contributed by atoms with E-state index in [1.165, 1.54) is 4.88 Å². The molecular formula is C17H18N2O2S. The number of aryl methyl sites for hydroxylation is 1. The summed E-state index contributed by atoms with van der Waals surface area (Å²) >= 11 is 1.67. The Labute approximate surface area is 133 Å². The normalized spacial score (nSPS) is 13.7. The summed E-state index contributed by atoms with van der Waals surface area (Å²) in [5.74, 6) is -0.319. The fraction of sp³-hybridized carbons (Fsp3) is 0.294. The largest absolute Gasteiger partial charge is 0.366 e. The number of amides is 2. The van der Waals surface area contributed by atoms with Gasteiger partial charge in [-0.2, -0.15) is 0 Å². The second kappa shape index (κ2) is 6.32. The highest BCUT2D eigenvalue weighted by atomic mass is 32.1. The Morgan fingerprint density at radius 3 is 2.82 bits per heavy atom. The van der Waals surface area contributed by atoms with Crippen LogP contribution in [0.15, 0.2) is 35.7 Å². The Bertz CT molecular complexity index is 695. The first kappa shape index (κ1) is 14.8. The van der Waals surface area contributed by atoms with Crippen LogP contribution in [0.25, 0.3) is 0 Å². The number of fused-ring (bicyclic) bond motifs is 1. The molecule has 0 aliphatic carbocycles. The number of hydrogen-bond donors (Lipinski definition) is 1. The first-order valence-corrected chi connectivity index (χ1v) is 8.29. The maximum absolute atomic E-state index is 12.6. The number of rotatable bonds is 4. The average Bonchev–Trinajstić information content (AvgIpc) is 3.04. The molecular weight excluding hydrogens is 296 g/mol. The summed E-state index contributed by atoms with van der Waals surface area (Å²) in [6.45, 7) is 0.707. The summed E-state index contributed by atoms with van der Waals surface area (Å²) in [7, 11) is 0. The molecule has 22 heavy (non-hydrogen) atoms. The minimum atomic E-state index is -0.426. The van der Waals surface area contributed by atoms with E-state index in [-0.39, 0.29) is 5.91 Å². The lowest BCUT2D eigenvalue weighted by Gasteiger charge is -2.30. The molecule has 2 N–H and O–H groups in total. The molecule has 0 atom stereocenters. The van der Waals surface area contributed by atoms with Gasteiger partial charge in [-0.15, -0.1) is 11.3 Å². The summed E-state index contributed by atoms with van der Waals surface area (Å²) < 4.78 is 0. The van der Waals surface area contributed by atoms with Crippen molar-refractivity contribution in [2.45, 2.75) is 25.7 Å². The molecule has 1 aliphatic heterocycles. The zero-order chi connectivity index (χ0) is 15.5. The molecule has 1 aromatic carbocycles. The Kier molecular flexibility index (Phi) is 4.24. The number of nitrogens with two attached hydrogens (primary N) is 1. The second-order valence-corrected chi connectivity index (χ2v) is 6.43. The third-order valence-corrected chi connectivity index (χ3v) is 4.92. The molecule has 1 aliphatic rings. The van der Waals surface area contributed by atoms with Crippen molar-refractivity contribution in [2.24, 2.45) is 5.73 Å². The van der Waals surface area contributed by atoms with E-state index in [0.29, 0.717) is 18.5 Å². The van der Waals surface area contributed by atoms with Gasteiger partial charge in [0, 0.05) is 29.1 Å². The van der Waals surface area contributed by atoms with Gasteiger partial charge < -0.3 is 10.6 Å². The predicted molar refractivity (Wildman–Crippen MR) is 88.3 cm³/mol.